The van der Waals surface area contributed by atoms with Crippen molar-refractivity contribution in [3.8, 4) is 0 Å². The number of sulfonamides is 1. The summed E-state index contributed by atoms with van der Waals surface area (Å²) >= 11 is 0. The maximum absolute atomic E-state index is 12.6. The van der Waals surface area contributed by atoms with E-state index in [1.165, 1.54) is 6.20 Å². The summed E-state index contributed by atoms with van der Waals surface area (Å²) in [6.45, 7) is 5.31. The van der Waals surface area contributed by atoms with Crippen LogP contribution < -0.4 is 15.6 Å². The Bertz CT molecular complexity index is 733. The van der Waals surface area contributed by atoms with Crippen molar-refractivity contribution >= 4 is 22.0 Å². The van der Waals surface area contributed by atoms with E-state index in [0.717, 1.165) is 19.0 Å². The number of alkyl carbamates (subject to hydrolysis) is 1. The number of hydrazine groups is 1. The first-order valence-electron chi connectivity index (χ1n) is 8.32. The lowest BCUT2D eigenvalue weighted by Gasteiger charge is -2.28. The van der Waals surface area contributed by atoms with Gasteiger partial charge in [-0.3, -0.25) is 15.3 Å². The smallest absolute Gasteiger partial charge is 0.407 e. The van der Waals surface area contributed by atoms with E-state index in [9.17, 15) is 18.0 Å². The summed E-state index contributed by atoms with van der Waals surface area (Å²) in [5.41, 5.74) is 0.733. The molecule has 1 fully saturated rings. The second-order valence-electron chi connectivity index (χ2n) is 7.34. The number of carbonyl (C=O) groups is 2. The van der Waals surface area contributed by atoms with Crippen molar-refractivity contribution in [1.82, 2.24) is 25.8 Å². The van der Waals surface area contributed by atoms with Crippen LogP contribution in [0.15, 0.2) is 17.3 Å². The van der Waals surface area contributed by atoms with Gasteiger partial charge < -0.3 is 10.1 Å². The van der Waals surface area contributed by atoms with E-state index < -0.39 is 33.0 Å². The van der Waals surface area contributed by atoms with Crippen LogP contribution in [-0.4, -0.2) is 42.8 Å². The third kappa shape index (κ3) is 5.18. The Balaban J connectivity index is 1.97. The fourth-order valence-electron chi connectivity index (χ4n) is 2.78. The molecule has 26 heavy (non-hydrogen) atoms. The molecule has 4 N–H and O–H groups in total. The Morgan fingerprint density at radius 1 is 1.31 bits per heavy atom. The highest BCUT2D eigenvalue weighted by molar-refractivity contribution is 7.89. The van der Waals surface area contributed by atoms with Crippen LogP contribution in [0.2, 0.25) is 0 Å². The van der Waals surface area contributed by atoms with Gasteiger partial charge in [0.25, 0.3) is 10.0 Å². The number of aromatic nitrogens is 2. The van der Waals surface area contributed by atoms with Crippen molar-refractivity contribution in [3.63, 3.8) is 0 Å². The van der Waals surface area contributed by atoms with Gasteiger partial charge in [0, 0.05) is 12.7 Å². The van der Waals surface area contributed by atoms with Crippen molar-refractivity contribution < 1.29 is 22.7 Å². The molecule has 0 aliphatic heterocycles. The molecule has 1 saturated carbocycles. The van der Waals surface area contributed by atoms with E-state index in [-0.39, 0.29) is 11.4 Å². The minimum absolute atomic E-state index is 0.0706. The Morgan fingerprint density at radius 3 is 2.50 bits per heavy atom. The second-order valence-corrected chi connectivity index (χ2v) is 9.02. The van der Waals surface area contributed by atoms with Crippen molar-refractivity contribution in [2.75, 3.05) is 6.54 Å². The van der Waals surface area contributed by atoms with E-state index in [2.05, 4.69) is 25.8 Å². The molecule has 0 bridgehead atoms. The van der Waals surface area contributed by atoms with Crippen LogP contribution in [0.3, 0.4) is 0 Å². The molecule has 0 aromatic carbocycles. The monoisotopic (exact) mass is 387 g/mol. The van der Waals surface area contributed by atoms with Gasteiger partial charge in [-0.05, 0) is 33.6 Å². The van der Waals surface area contributed by atoms with E-state index in [1.807, 2.05) is 0 Å². The Hall–Kier alpha value is -2.14. The van der Waals surface area contributed by atoms with Gasteiger partial charge in [0.2, 0.25) is 5.91 Å². The highest BCUT2D eigenvalue weighted by Gasteiger charge is 2.42. The third-order valence-electron chi connectivity index (χ3n) is 4.09. The zero-order chi connectivity index (χ0) is 19.4. The topological polar surface area (TPSA) is 142 Å². The van der Waals surface area contributed by atoms with E-state index >= 15 is 0 Å². The molecule has 1 aliphatic carbocycles. The number of hydrogen-bond acceptors (Lipinski definition) is 6. The Labute approximate surface area is 152 Å². The van der Waals surface area contributed by atoms with Crippen molar-refractivity contribution in [2.45, 2.75) is 57.0 Å². The van der Waals surface area contributed by atoms with Crippen LogP contribution in [0.4, 0.5) is 4.79 Å². The highest BCUT2D eigenvalue weighted by Crippen LogP contribution is 2.37. The number of H-pyrrole nitrogens is 1. The molecular weight excluding hydrogens is 362 g/mol. The minimum Gasteiger partial charge on any atom is -0.444 e. The first-order valence-corrected chi connectivity index (χ1v) is 9.80. The average molecular weight is 387 g/mol. The highest BCUT2D eigenvalue weighted by atomic mass is 32.2. The van der Waals surface area contributed by atoms with E-state index in [4.69, 9.17) is 4.74 Å². The Kier molecular flexibility index (Phi) is 5.91. The van der Waals surface area contributed by atoms with Crippen LogP contribution in [0.1, 0.15) is 46.5 Å². The summed E-state index contributed by atoms with van der Waals surface area (Å²) in [6.07, 6.45) is 4.43. The molecule has 11 heteroatoms. The number of amides is 2. The third-order valence-corrected chi connectivity index (χ3v) is 5.31. The molecule has 0 spiro atoms. The molecule has 0 unspecified atom stereocenters. The molecule has 1 aliphatic rings. The first kappa shape index (κ1) is 20.2. The lowest BCUT2D eigenvalue weighted by molar-refractivity contribution is -0.131. The van der Waals surface area contributed by atoms with Gasteiger partial charge in [0.1, 0.15) is 10.5 Å². The van der Waals surface area contributed by atoms with Crippen LogP contribution in [0.25, 0.3) is 0 Å². The summed E-state index contributed by atoms with van der Waals surface area (Å²) in [5, 5.41) is 8.57. The van der Waals surface area contributed by atoms with Gasteiger partial charge in [-0.15, -0.1) is 4.83 Å². The fraction of sp³-hybridized carbons (Fsp3) is 0.667. The summed E-state index contributed by atoms with van der Waals surface area (Å²) < 4.78 is 29.3. The molecule has 0 radical (unpaired) electrons. The summed E-state index contributed by atoms with van der Waals surface area (Å²) in [7, 11) is -3.91. The molecule has 146 valence electrons. The van der Waals surface area contributed by atoms with Crippen LogP contribution in [0, 0.1) is 5.41 Å². The number of rotatable bonds is 6. The Morgan fingerprint density at radius 2 is 1.96 bits per heavy atom. The van der Waals surface area contributed by atoms with Gasteiger partial charge in [0.15, 0.2) is 0 Å². The number of carbonyl (C=O) groups excluding carboxylic acids is 2. The van der Waals surface area contributed by atoms with Gasteiger partial charge in [-0.25, -0.2) is 13.2 Å². The molecule has 2 amide bonds. The maximum Gasteiger partial charge on any atom is 0.407 e. The van der Waals surface area contributed by atoms with Gasteiger partial charge in [-0.1, -0.05) is 12.8 Å². The van der Waals surface area contributed by atoms with Crippen LogP contribution in [0.5, 0.6) is 0 Å². The maximum atomic E-state index is 12.6. The van der Waals surface area contributed by atoms with Gasteiger partial charge in [-0.2, -0.15) is 5.10 Å². The number of aromatic amines is 1. The number of hydrogen-bond donors (Lipinski definition) is 4. The number of ether oxygens (including phenoxy) is 1. The largest absolute Gasteiger partial charge is 0.444 e. The zero-order valence-electron chi connectivity index (χ0n) is 15.1. The fourth-order valence-corrected chi connectivity index (χ4v) is 3.53. The lowest BCUT2D eigenvalue weighted by atomic mass is 9.85. The standard InChI is InChI=1S/C15H25N5O5S/c1-14(2,3)25-13(22)16-10-15(6-4-5-7-15)12(21)19-20-26(23,24)11-8-17-18-9-11/h8-9,20H,4-7,10H2,1-3H3,(H,16,22)(H,17,18)(H,19,21). The van der Waals surface area contributed by atoms with Gasteiger partial charge in [0.05, 0.1) is 11.6 Å². The molecular formula is C15H25N5O5S. The van der Waals surface area contributed by atoms with Crippen LogP contribution >= 0.6 is 0 Å². The summed E-state index contributed by atoms with van der Waals surface area (Å²) in [5.74, 6) is -0.488. The molecule has 2 rings (SSSR count). The minimum atomic E-state index is -3.91. The SMILES string of the molecule is CC(C)(C)OC(=O)NCC1(C(=O)NNS(=O)(=O)c2cn[nH]c2)CCCC1. The second kappa shape index (κ2) is 7.62. The van der Waals surface area contributed by atoms with Gasteiger partial charge >= 0.3 is 6.09 Å². The molecule has 0 atom stereocenters. The average Bonchev–Trinajstić information content (AvgIpc) is 3.21. The number of nitrogens with zero attached hydrogens (tertiary/aromatic N) is 1. The van der Waals surface area contributed by atoms with Crippen molar-refractivity contribution in [2.24, 2.45) is 5.41 Å². The number of nitrogens with one attached hydrogen (secondary N) is 4. The summed E-state index contributed by atoms with van der Waals surface area (Å²) in [4.78, 5) is 26.5. The molecule has 1 heterocycles. The lowest BCUT2D eigenvalue weighted by Crippen LogP contribution is -2.52. The van der Waals surface area contributed by atoms with E-state index in [1.54, 1.807) is 20.8 Å². The van der Waals surface area contributed by atoms with E-state index in [0.29, 0.717) is 12.8 Å². The predicted octanol–water partition coefficient (Wildman–Crippen LogP) is 0.804. The normalized spacial score (nSPS) is 16.9. The first-order chi connectivity index (χ1) is 12.0. The molecule has 10 nitrogen and oxygen atoms in total. The molecule has 0 saturated heterocycles. The zero-order valence-corrected chi connectivity index (χ0v) is 15.9. The molecule has 1 aromatic rings. The van der Waals surface area contributed by atoms with Crippen molar-refractivity contribution in [1.29, 1.82) is 0 Å². The summed E-state index contributed by atoms with van der Waals surface area (Å²) in [6, 6.07) is 0. The predicted molar refractivity (Wildman–Crippen MR) is 92.2 cm³/mol. The quantitative estimate of drug-likeness (QED) is 0.532. The van der Waals surface area contributed by atoms with Crippen molar-refractivity contribution in [3.05, 3.63) is 12.4 Å². The molecule has 1 aromatic heterocycles. The van der Waals surface area contributed by atoms with Crippen LogP contribution in [-0.2, 0) is 19.6 Å².